The van der Waals surface area contributed by atoms with E-state index in [4.69, 9.17) is 20.9 Å². The van der Waals surface area contributed by atoms with Gasteiger partial charge in [0, 0.05) is 20.2 Å². The largest absolute Gasteiger partial charge is 0.379 e. The van der Waals surface area contributed by atoms with Crippen molar-refractivity contribution < 1.29 is 33.4 Å². The summed E-state index contributed by atoms with van der Waals surface area (Å²) in [6, 6.07) is -4.27. The van der Waals surface area contributed by atoms with Gasteiger partial charge in [-0.05, 0) is 107 Å². The third-order valence-electron chi connectivity index (χ3n) is 13.6. The third kappa shape index (κ3) is 11.0. The lowest BCUT2D eigenvalue weighted by Gasteiger charge is -2.61. The molecule has 0 radical (unpaired) electrons. The van der Waals surface area contributed by atoms with Gasteiger partial charge in [0.1, 0.15) is 24.2 Å². The molecule has 1 unspecified atom stereocenters. The number of carbonyl (C=O) groups excluding carboxylic acids is 5. The fraction of sp³-hybridized carbons (Fsp3) is 0.878. The van der Waals surface area contributed by atoms with Crippen LogP contribution in [0.4, 0.5) is 0 Å². The van der Waals surface area contributed by atoms with E-state index in [2.05, 4.69) is 26.6 Å². The molecule has 5 amide bonds. The zero-order valence-corrected chi connectivity index (χ0v) is 34.3. The molecule has 0 aromatic carbocycles. The minimum absolute atomic E-state index is 0.0723. The Bertz CT molecular complexity index is 1320. The molecule has 6 rings (SSSR count). The van der Waals surface area contributed by atoms with Gasteiger partial charge in [-0.2, -0.15) is 0 Å². The second-order valence-electron chi connectivity index (χ2n) is 17.5. The summed E-state index contributed by atoms with van der Waals surface area (Å²) in [5, 5.41) is 15.3. The lowest BCUT2D eigenvalue weighted by molar-refractivity contribution is -0.147. The third-order valence-corrected chi connectivity index (χ3v) is 13.6. The SMILES string of the molecule is CCC[C@H]1C(=O)N[C@@H](C2CCCCCC2)C(=O)N[C@@H](CN)C(=O)N[C@@H](COCCCNCCCN)C(=O)N[C@H]2CO[C@H](CC3CC4(CCC24)C3)[C@@H](C)C(=O)N1C. The van der Waals surface area contributed by atoms with Gasteiger partial charge in [-0.15, -0.1) is 0 Å². The Morgan fingerprint density at radius 2 is 1.57 bits per heavy atom. The molecule has 3 saturated carbocycles. The molecule has 4 bridgehead atoms. The molecule has 3 aliphatic carbocycles. The van der Waals surface area contributed by atoms with Gasteiger partial charge in [0.25, 0.3) is 0 Å². The van der Waals surface area contributed by atoms with E-state index >= 15 is 0 Å². The number of hydrogen-bond acceptors (Lipinski definition) is 10. The first-order chi connectivity index (χ1) is 27.0. The van der Waals surface area contributed by atoms with Gasteiger partial charge in [-0.1, -0.05) is 46.0 Å². The van der Waals surface area contributed by atoms with Gasteiger partial charge in [-0.3, -0.25) is 24.0 Å². The maximum Gasteiger partial charge on any atom is 0.245 e. The summed E-state index contributed by atoms with van der Waals surface area (Å²) in [7, 11) is 1.67. The average Bonchev–Trinajstić information content (AvgIpc) is 3.42. The van der Waals surface area contributed by atoms with Crippen molar-refractivity contribution in [3.8, 4) is 0 Å². The molecule has 15 heteroatoms. The van der Waals surface area contributed by atoms with E-state index in [1.807, 2.05) is 13.8 Å². The molecule has 6 fully saturated rings. The van der Waals surface area contributed by atoms with Crippen molar-refractivity contribution in [2.24, 2.45) is 40.6 Å². The van der Waals surface area contributed by atoms with Crippen LogP contribution in [0.3, 0.4) is 0 Å². The molecule has 9 N–H and O–H groups in total. The fourth-order valence-electron chi connectivity index (χ4n) is 10.1. The average molecular weight is 789 g/mol. The smallest absolute Gasteiger partial charge is 0.245 e. The van der Waals surface area contributed by atoms with Crippen LogP contribution in [0, 0.1) is 29.1 Å². The number of hydrogen-bond donors (Lipinski definition) is 7. The highest BCUT2D eigenvalue weighted by molar-refractivity contribution is 5.96. The summed E-state index contributed by atoms with van der Waals surface area (Å²) in [5.74, 6) is -2.12. The van der Waals surface area contributed by atoms with Crippen molar-refractivity contribution in [1.29, 1.82) is 0 Å². The Balaban J connectivity index is 1.44. The summed E-state index contributed by atoms with van der Waals surface area (Å²) in [6.07, 6.45) is 12.5. The molecule has 8 atom stereocenters. The van der Waals surface area contributed by atoms with Crippen LogP contribution in [-0.2, 0) is 33.4 Å². The van der Waals surface area contributed by atoms with Gasteiger partial charge in [0.2, 0.25) is 29.5 Å². The van der Waals surface area contributed by atoms with E-state index in [1.54, 1.807) is 7.05 Å². The molecule has 56 heavy (non-hydrogen) atoms. The van der Waals surface area contributed by atoms with Gasteiger partial charge in [-0.25, -0.2) is 0 Å². The summed E-state index contributed by atoms with van der Waals surface area (Å²) in [6.45, 7) is 6.32. The van der Waals surface area contributed by atoms with Crippen LogP contribution in [-0.4, -0.2) is 124 Å². The van der Waals surface area contributed by atoms with Crippen molar-refractivity contribution >= 4 is 29.5 Å². The van der Waals surface area contributed by atoms with E-state index in [-0.39, 0.29) is 54.9 Å². The lowest BCUT2D eigenvalue weighted by atomic mass is 9.44. The molecule has 3 aliphatic heterocycles. The summed E-state index contributed by atoms with van der Waals surface area (Å²) in [5.41, 5.74) is 11.9. The quantitative estimate of drug-likeness (QED) is 0.104. The van der Waals surface area contributed by atoms with E-state index in [9.17, 15) is 24.0 Å². The van der Waals surface area contributed by atoms with Crippen LogP contribution in [0.2, 0.25) is 0 Å². The summed E-state index contributed by atoms with van der Waals surface area (Å²) >= 11 is 0. The standard InChI is InChI=1S/C41H72N8O7/c1-4-11-33-38(52)48-35(28-12-7-5-6-8-13-28)39(53)45-30(23-43)36(50)47-32(24-55-19-10-18-44-17-9-16-42)37(51)46-31-25-56-34(26(2)40(54)49(33)3)20-27-21-41(22-27)15-14-29(31)41/h26-35,44H,4-25,42-43H2,1-3H3,(H,45,53)(H,46,51)(H,47,50)(H,48,52)/t26-,27?,29?,30+,31+,32+,33+,34-,35+,41?/m1/s1. The van der Waals surface area contributed by atoms with Crippen molar-refractivity contribution in [3.63, 3.8) is 0 Å². The van der Waals surface area contributed by atoms with Crippen LogP contribution < -0.4 is 38.1 Å². The number of rotatable bonds is 13. The molecular weight excluding hydrogens is 716 g/mol. The normalized spacial score (nSPS) is 35.3. The second-order valence-corrected chi connectivity index (χ2v) is 17.5. The zero-order valence-electron chi connectivity index (χ0n) is 34.3. The fourth-order valence-corrected chi connectivity index (χ4v) is 10.1. The van der Waals surface area contributed by atoms with Crippen LogP contribution >= 0.6 is 0 Å². The molecular formula is C41H72N8O7. The highest BCUT2D eigenvalue weighted by atomic mass is 16.5. The number of nitrogens with two attached hydrogens (primary N) is 2. The molecule has 1 spiro atoms. The molecule has 6 aliphatic rings. The topological polar surface area (TPSA) is 219 Å². The predicted octanol–water partition coefficient (Wildman–Crippen LogP) is 1.07. The number of amides is 5. The van der Waals surface area contributed by atoms with Crippen molar-refractivity contribution in [2.75, 3.05) is 53.0 Å². The van der Waals surface area contributed by atoms with Gasteiger partial charge < -0.3 is 52.4 Å². The maximum atomic E-state index is 14.3. The first-order valence-electron chi connectivity index (χ1n) is 21.8. The highest BCUT2D eigenvalue weighted by Crippen LogP contribution is 2.64. The molecule has 15 nitrogen and oxygen atoms in total. The van der Waals surface area contributed by atoms with Crippen molar-refractivity contribution in [1.82, 2.24) is 31.5 Å². The lowest BCUT2D eigenvalue weighted by Crippen LogP contribution is -2.63. The molecule has 0 aromatic rings. The van der Waals surface area contributed by atoms with Crippen LogP contribution in [0.25, 0.3) is 0 Å². The minimum Gasteiger partial charge on any atom is -0.379 e. The minimum atomic E-state index is -1.16. The number of likely N-dealkylation sites (N-methyl/N-ethyl adjacent to an activating group) is 1. The number of carbonyl (C=O) groups is 5. The molecule has 0 aromatic heterocycles. The van der Waals surface area contributed by atoms with Crippen molar-refractivity contribution in [2.45, 2.75) is 146 Å². The zero-order chi connectivity index (χ0) is 40.2. The monoisotopic (exact) mass is 789 g/mol. The number of nitrogens with zero attached hydrogens (tertiary/aromatic N) is 1. The van der Waals surface area contributed by atoms with Crippen LogP contribution in [0.5, 0.6) is 0 Å². The van der Waals surface area contributed by atoms with Gasteiger partial charge >= 0.3 is 0 Å². The Labute approximate surface area is 334 Å². The van der Waals surface area contributed by atoms with Gasteiger partial charge in [0.05, 0.1) is 31.3 Å². The second kappa shape index (κ2) is 21.2. The van der Waals surface area contributed by atoms with E-state index in [0.717, 1.165) is 90.1 Å². The number of nitrogens with one attached hydrogen (secondary N) is 5. The van der Waals surface area contributed by atoms with Crippen molar-refractivity contribution in [3.05, 3.63) is 0 Å². The maximum absolute atomic E-state index is 14.3. The Morgan fingerprint density at radius 1 is 0.875 bits per heavy atom. The first kappa shape index (κ1) is 44.3. The molecule has 3 saturated heterocycles. The summed E-state index contributed by atoms with van der Waals surface area (Å²) < 4.78 is 12.6. The highest BCUT2D eigenvalue weighted by Gasteiger charge is 2.59. The first-order valence-corrected chi connectivity index (χ1v) is 21.8. The Hall–Kier alpha value is -2.85. The van der Waals surface area contributed by atoms with Gasteiger partial charge in [0.15, 0.2) is 0 Å². The van der Waals surface area contributed by atoms with Crippen LogP contribution in [0.1, 0.15) is 110 Å². The van der Waals surface area contributed by atoms with E-state index in [1.165, 1.54) is 4.90 Å². The predicted molar refractivity (Wildman–Crippen MR) is 213 cm³/mol. The summed E-state index contributed by atoms with van der Waals surface area (Å²) in [4.78, 5) is 72.5. The van der Waals surface area contributed by atoms with Crippen LogP contribution in [0.15, 0.2) is 0 Å². The van der Waals surface area contributed by atoms with E-state index in [0.29, 0.717) is 38.3 Å². The molecule has 318 valence electrons. The molecule has 3 heterocycles. The Kier molecular flexibility index (Phi) is 16.8. The Morgan fingerprint density at radius 3 is 2.23 bits per heavy atom. The van der Waals surface area contributed by atoms with E-state index < -0.39 is 53.9 Å². The number of ether oxygens (including phenoxy) is 2.